The molecule has 1 aliphatic carbocycles. The molecule has 0 saturated heterocycles. The first kappa shape index (κ1) is 22.7. The van der Waals surface area contributed by atoms with Crippen LogP contribution >= 0.6 is 9.58 Å². The number of carbonyl (C=O) groups excluding carboxylic acids is 1. The van der Waals surface area contributed by atoms with E-state index in [0.717, 1.165) is 11.4 Å². The maximum atomic E-state index is 13.6. The molecule has 0 bridgehead atoms. The van der Waals surface area contributed by atoms with E-state index in [2.05, 4.69) is 39.6 Å². The first-order valence-electron chi connectivity index (χ1n) is 9.80. The standard InChI is InChI=1S/C14H15N3O.C10H15.ClH.Ir/c1-17(2)12-8-6-11(7-9-12)16-14(18)13-5-3-4-10-15-13;1-7-6-10(4,5)9(3)8(7)2;;/h3-10H,1-2H3,(H,16,18);1-5H3;1H;/q;;;+2/p-2. The third-order valence-electron chi connectivity index (χ3n) is 5.80. The molecule has 3 rings (SSSR count). The molecule has 0 spiro atoms. The topological polar surface area (TPSA) is 36.4 Å². The van der Waals surface area contributed by atoms with Crippen molar-refractivity contribution in [1.29, 1.82) is 0 Å². The van der Waals surface area contributed by atoms with Crippen molar-refractivity contribution in [2.75, 3.05) is 22.6 Å². The Balaban J connectivity index is 2.11. The second-order valence-electron chi connectivity index (χ2n) is 8.18. The zero-order valence-electron chi connectivity index (χ0n) is 18.6. The normalized spacial score (nSPS) is 16.1. The van der Waals surface area contributed by atoms with Gasteiger partial charge < -0.3 is 0 Å². The monoisotopic (exact) mass is 603 g/mol. The number of benzene rings is 1. The minimum atomic E-state index is -2.73. The minimum absolute atomic E-state index is 0.142. The Labute approximate surface area is 189 Å². The summed E-state index contributed by atoms with van der Waals surface area (Å²) in [6.07, 6.45) is 1.65. The molecule has 0 radical (unpaired) electrons. The van der Waals surface area contributed by atoms with Crippen LogP contribution in [-0.4, -0.2) is 25.0 Å². The summed E-state index contributed by atoms with van der Waals surface area (Å²) in [6, 6.07) is 13.4. The number of halogens is 1. The third kappa shape index (κ3) is 3.99. The van der Waals surface area contributed by atoms with Gasteiger partial charge in [0.1, 0.15) is 0 Å². The van der Waals surface area contributed by atoms with Crippen LogP contribution in [0.15, 0.2) is 69.5 Å². The molecule has 1 amide bonds. The quantitative estimate of drug-likeness (QED) is 0.413. The van der Waals surface area contributed by atoms with Crippen LogP contribution in [0.5, 0.6) is 0 Å². The van der Waals surface area contributed by atoms with Crippen molar-refractivity contribution in [2.24, 2.45) is 5.41 Å². The van der Waals surface area contributed by atoms with Crippen molar-refractivity contribution in [1.82, 2.24) is 4.98 Å². The van der Waals surface area contributed by atoms with Crippen LogP contribution in [0.2, 0.25) is 0 Å². The molecule has 162 valence electrons. The van der Waals surface area contributed by atoms with Crippen LogP contribution in [0.3, 0.4) is 0 Å². The molecule has 0 saturated carbocycles. The van der Waals surface area contributed by atoms with Gasteiger partial charge in [-0.05, 0) is 0 Å². The van der Waals surface area contributed by atoms with Gasteiger partial charge in [-0.3, -0.25) is 0 Å². The fraction of sp³-hybridized carbons (Fsp3) is 0.333. The summed E-state index contributed by atoms with van der Waals surface area (Å²) in [7, 11) is 11.3. The van der Waals surface area contributed by atoms with Crippen molar-refractivity contribution < 1.29 is 20.5 Å². The van der Waals surface area contributed by atoms with Gasteiger partial charge in [0.15, 0.2) is 0 Å². The van der Waals surface area contributed by atoms with Crippen LogP contribution in [-0.2, 0) is 15.7 Å². The zero-order chi connectivity index (χ0) is 22.2. The maximum absolute atomic E-state index is 13.6. The van der Waals surface area contributed by atoms with Gasteiger partial charge >= 0.3 is 190 Å². The molecule has 1 aromatic heterocycles. The van der Waals surface area contributed by atoms with E-state index in [9.17, 15) is 4.79 Å². The summed E-state index contributed by atoms with van der Waals surface area (Å²) in [6.45, 7) is 10.9. The van der Waals surface area contributed by atoms with Crippen molar-refractivity contribution in [3.63, 3.8) is 0 Å². The van der Waals surface area contributed by atoms with E-state index in [1.165, 1.54) is 20.8 Å². The summed E-state index contributed by atoms with van der Waals surface area (Å²) < 4.78 is 3.05. The summed E-state index contributed by atoms with van der Waals surface area (Å²) >= 11 is -2.73. The third-order valence-corrected chi connectivity index (χ3v) is 13.2. The van der Waals surface area contributed by atoms with E-state index in [1.54, 1.807) is 12.3 Å². The van der Waals surface area contributed by atoms with Gasteiger partial charge in [0.2, 0.25) is 0 Å². The Morgan fingerprint density at radius 1 is 0.967 bits per heavy atom. The van der Waals surface area contributed by atoms with Crippen LogP contribution in [0, 0.1) is 5.41 Å². The fourth-order valence-electron chi connectivity index (χ4n) is 3.59. The van der Waals surface area contributed by atoms with Crippen LogP contribution < -0.4 is 8.47 Å². The summed E-state index contributed by atoms with van der Waals surface area (Å²) in [5, 5.41) is 0. The molecule has 0 aliphatic heterocycles. The van der Waals surface area contributed by atoms with Gasteiger partial charge in [-0.25, -0.2) is 0 Å². The number of carbonyl (C=O) groups is 1. The molecule has 1 aliphatic rings. The number of anilines is 2. The van der Waals surface area contributed by atoms with Crippen LogP contribution in [0.25, 0.3) is 0 Å². The number of rotatable bonds is 5. The number of aromatic nitrogens is 1. The Hall–Kier alpha value is -1.94. The predicted molar refractivity (Wildman–Crippen MR) is 123 cm³/mol. The van der Waals surface area contributed by atoms with E-state index in [4.69, 9.17) is 9.58 Å². The van der Waals surface area contributed by atoms with Crippen molar-refractivity contribution >= 4 is 26.9 Å². The molecule has 0 unspecified atom stereocenters. The molecule has 4 nitrogen and oxygen atoms in total. The van der Waals surface area contributed by atoms with E-state index >= 15 is 0 Å². The Morgan fingerprint density at radius 2 is 1.57 bits per heavy atom. The number of hydrogen-bond donors (Lipinski definition) is 0. The van der Waals surface area contributed by atoms with E-state index < -0.39 is 15.7 Å². The van der Waals surface area contributed by atoms with Gasteiger partial charge in [0.25, 0.3) is 0 Å². The number of allylic oxidation sites excluding steroid dienone is 4. The molecule has 30 heavy (non-hydrogen) atoms. The zero-order valence-corrected chi connectivity index (χ0v) is 21.7. The first-order chi connectivity index (χ1) is 14.1. The van der Waals surface area contributed by atoms with Crippen molar-refractivity contribution in [2.45, 2.75) is 34.6 Å². The van der Waals surface area contributed by atoms with E-state index in [0.29, 0.717) is 5.69 Å². The van der Waals surface area contributed by atoms with Crippen molar-refractivity contribution in [3.05, 3.63) is 75.2 Å². The van der Waals surface area contributed by atoms with Crippen LogP contribution in [0.4, 0.5) is 11.4 Å². The molecular weight excluding hydrogens is 574 g/mol. The molecule has 6 heteroatoms. The average molecular weight is 603 g/mol. The molecule has 0 atom stereocenters. The Morgan fingerprint density at radius 3 is 2.03 bits per heavy atom. The number of nitrogens with zero attached hydrogens (tertiary/aromatic N) is 3. The summed E-state index contributed by atoms with van der Waals surface area (Å²) in [5.41, 5.74) is 5.99. The van der Waals surface area contributed by atoms with Crippen molar-refractivity contribution in [3.8, 4) is 0 Å². The molecular formula is C24H29ClIrN3O. The van der Waals surface area contributed by atoms with Gasteiger partial charge in [-0.15, -0.1) is 0 Å². The summed E-state index contributed by atoms with van der Waals surface area (Å²) in [4.78, 5) is 20.0. The number of hydrogen-bond acceptors (Lipinski definition) is 3. The molecule has 0 N–H and O–H groups in total. The molecule has 1 aromatic carbocycles. The predicted octanol–water partition coefficient (Wildman–Crippen LogP) is 6.13. The van der Waals surface area contributed by atoms with E-state index in [1.807, 2.05) is 59.0 Å². The van der Waals surface area contributed by atoms with Crippen LogP contribution in [0.1, 0.15) is 45.1 Å². The van der Waals surface area contributed by atoms with Gasteiger partial charge in [-0.1, -0.05) is 0 Å². The molecule has 1 heterocycles. The second kappa shape index (κ2) is 8.66. The van der Waals surface area contributed by atoms with Gasteiger partial charge in [0, 0.05) is 0 Å². The first-order valence-corrected chi connectivity index (χ1v) is 15.0. The average Bonchev–Trinajstić information content (AvgIpc) is 2.88. The van der Waals surface area contributed by atoms with E-state index in [-0.39, 0.29) is 11.3 Å². The number of pyridine rings is 1. The molecule has 2 aromatic rings. The fourth-order valence-corrected chi connectivity index (χ4v) is 11.6. The summed E-state index contributed by atoms with van der Waals surface area (Å²) in [5.74, 6) is -0.142. The SMILES string of the molecule is CC1=C(C)C(C)(C)[C]([Ir]([Cl])[N](C(=O)c2ccccn2)c2ccc(N(C)C)cc2)=C1C. The molecule has 0 fully saturated rings. The number of amides is 1. The second-order valence-corrected chi connectivity index (χ2v) is 13.8. The van der Waals surface area contributed by atoms with Gasteiger partial charge in [-0.2, -0.15) is 0 Å². The van der Waals surface area contributed by atoms with Gasteiger partial charge in [0.05, 0.1) is 0 Å². The Kier molecular flexibility index (Phi) is 6.57. The Bertz CT molecular complexity index is 1010.